The SMILES string of the molecule is CCn1c(SCC(=O)NC2=CC=C(C(C)C)CC2)nnc1-c1ccc2c(c1)OCO2. The van der Waals surface area contributed by atoms with Crippen LogP contribution in [0.4, 0.5) is 0 Å². The number of amides is 1. The normalized spacial score (nSPS) is 15.2. The Morgan fingerprint density at radius 3 is 2.77 bits per heavy atom. The van der Waals surface area contributed by atoms with Gasteiger partial charge in [-0.3, -0.25) is 4.79 Å². The summed E-state index contributed by atoms with van der Waals surface area (Å²) < 4.78 is 12.8. The van der Waals surface area contributed by atoms with Crippen molar-refractivity contribution in [3.8, 4) is 22.9 Å². The number of hydrogen-bond donors (Lipinski definition) is 1. The van der Waals surface area contributed by atoms with Gasteiger partial charge >= 0.3 is 0 Å². The molecule has 1 aliphatic heterocycles. The van der Waals surface area contributed by atoms with E-state index >= 15 is 0 Å². The monoisotopic (exact) mass is 426 g/mol. The van der Waals surface area contributed by atoms with Gasteiger partial charge in [0, 0.05) is 17.8 Å². The van der Waals surface area contributed by atoms with E-state index in [1.165, 1.54) is 17.3 Å². The molecule has 2 aromatic rings. The van der Waals surface area contributed by atoms with Gasteiger partial charge in [-0.05, 0) is 50.0 Å². The minimum Gasteiger partial charge on any atom is -0.454 e. The number of nitrogens with zero attached hydrogens (tertiary/aromatic N) is 3. The minimum absolute atomic E-state index is 0.0251. The number of ether oxygens (including phenoxy) is 2. The topological polar surface area (TPSA) is 78.3 Å². The van der Waals surface area contributed by atoms with Crippen LogP contribution in [0.2, 0.25) is 0 Å². The molecule has 0 saturated carbocycles. The van der Waals surface area contributed by atoms with Gasteiger partial charge in [0.05, 0.1) is 5.75 Å². The Bertz CT molecular complexity index is 1010. The zero-order valence-electron chi connectivity index (χ0n) is 17.5. The fourth-order valence-corrected chi connectivity index (χ4v) is 4.32. The third-order valence-electron chi connectivity index (χ3n) is 5.22. The minimum atomic E-state index is -0.0251. The number of hydrogen-bond acceptors (Lipinski definition) is 6. The molecule has 1 aliphatic carbocycles. The Balaban J connectivity index is 1.40. The molecule has 2 heterocycles. The highest BCUT2D eigenvalue weighted by atomic mass is 32.2. The highest BCUT2D eigenvalue weighted by molar-refractivity contribution is 7.99. The lowest BCUT2D eigenvalue weighted by atomic mass is 9.93. The lowest BCUT2D eigenvalue weighted by Gasteiger charge is -2.17. The Morgan fingerprint density at radius 2 is 2.03 bits per heavy atom. The molecule has 4 rings (SSSR count). The molecule has 7 nitrogen and oxygen atoms in total. The summed E-state index contributed by atoms with van der Waals surface area (Å²) in [6, 6.07) is 5.73. The van der Waals surface area contributed by atoms with Crippen LogP contribution in [-0.4, -0.2) is 33.2 Å². The van der Waals surface area contributed by atoms with Crippen LogP contribution in [0.15, 0.2) is 46.8 Å². The number of benzene rings is 1. The Hall–Kier alpha value is -2.74. The summed E-state index contributed by atoms with van der Waals surface area (Å²) >= 11 is 1.39. The summed E-state index contributed by atoms with van der Waals surface area (Å²) in [7, 11) is 0. The average molecular weight is 427 g/mol. The van der Waals surface area contributed by atoms with Crippen LogP contribution in [0.1, 0.15) is 33.6 Å². The number of rotatable bonds is 7. The van der Waals surface area contributed by atoms with Crippen molar-refractivity contribution in [2.75, 3.05) is 12.5 Å². The van der Waals surface area contributed by atoms with E-state index in [1.807, 2.05) is 35.8 Å². The van der Waals surface area contributed by atoms with Crippen LogP contribution >= 0.6 is 11.8 Å². The molecule has 2 aliphatic rings. The van der Waals surface area contributed by atoms with Crippen molar-refractivity contribution in [3.63, 3.8) is 0 Å². The smallest absolute Gasteiger partial charge is 0.234 e. The fourth-order valence-electron chi connectivity index (χ4n) is 3.51. The van der Waals surface area contributed by atoms with Gasteiger partial charge < -0.3 is 19.4 Å². The van der Waals surface area contributed by atoms with E-state index < -0.39 is 0 Å². The maximum absolute atomic E-state index is 12.4. The lowest BCUT2D eigenvalue weighted by Crippen LogP contribution is -2.25. The summed E-state index contributed by atoms with van der Waals surface area (Å²) in [4.78, 5) is 12.4. The van der Waals surface area contributed by atoms with E-state index in [9.17, 15) is 4.79 Å². The van der Waals surface area contributed by atoms with Crippen molar-refractivity contribution in [2.45, 2.75) is 45.3 Å². The number of aromatic nitrogens is 3. The third-order valence-corrected chi connectivity index (χ3v) is 6.19. The second-order valence-electron chi connectivity index (χ2n) is 7.54. The second kappa shape index (κ2) is 8.95. The molecule has 1 aromatic heterocycles. The molecule has 1 N–H and O–H groups in total. The van der Waals surface area contributed by atoms with Crippen LogP contribution in [-0.2, 0) is 11.3 Å². The number of nitrogens with one attached hydrogen (secondary N) is 1. The Labute approximate surface area is 180 Å². The summed E-state index contributed by atoms with van der Waals surface area (Å²) in [5.41, 5.74) is 3.31. The number of thioether (sulfide) groups is 1. The van der Waals surface area contributed by atoms with Crippen LogP contribution in [0.3, 0.4) is 0 Å². The van der Waals surface area contributed by atoms with Gasteiger partial charge in [0.2, 0.25) is 12.7 Å². The molecule has 1 amide bonds. The second-order valence-corrected chi connectivity index (χ2v) is 8.49. The first-order valence-corrected chi connectivity index (χ1v) is 11.2. The van der Waals surface area contributed by atoms with Gasteiger partial charge in [-0.1, -0.05) is 37.3 Å². The Kier molecular flexibility index (Phi) is 6.13. The van der Waals surface area contributed by atoms with Crippen LogP contribution in [0, 0.1) is 5.92 Å². The van der Waals surface area contributed by atoms with Gasteiger partial charge in [-0.15, -0.1) is 10.2 Å². The molecule has 0 radical (unpaired) electrons. The molecule has 1 aromatic carbocycles. The Morgan fingerprint density at radius 1 is 1.20 bits per heavy atom. The van der Waals surface area contributed by atoms with Crippen molar-refractivity contribution in [1.29, 1.82) is 0 Å². The van der Waals surface area contributed by atoms with Gasteiger partial charge in [-0.2, -0.15) is 0 Å². The van der Waals surface area contributed by atoms with Gasteiger partial charge in [-0.25, -0.2) is 0 Å². The number of carbonyl (C=O) groups is 1. The first kappa shape index (κ1) is 20.5. The summed E-state index contributed by atoms with van der Waals surface area (Å²) in [6.07, 6.45) is 6.02. The molecule has 0 spiro atoms. The van der Waals surface area contributed by atoms with Crippen LogP contribution in [0.5, 0.6) is 11.5 Å². The molecular weight excluding hydrogens is 400 g/mol. The summed E-state index contributed by atoms with van der Waals surface area (Å²) in [6.45, 7) is 7.37. The maximum atomic E-state index is 12.4. The zero-order chi connectivity index (χ0) is 21.1. The zero-order valence-corrected chi connectivity index (χ0v) is 18.3. The number of fused-ring (bicyclic) bond motifs is 1. The molecule has 30 heavy (non-hydrogen) atoms. The molecule has 0 bridgehead atoms. The predicted molar refractivity (Wildman–Crippen MR) is 116 cm³/mol. The van der Waals surface area contributed by atoms with Crippen molar-refractivity contribution in [3.05, 3.63) is 41.6 Å². The van der Waals surface area contributed by atoms with Crippen molar-refractivity contribution < 1.29 is 14.3 Å². The van der Waals surface area contributed by atoms with E-state index in [1.54, 1.807) is 0 Å². The third kappa shape index (κ3) is 4.38. The first-order valence-electron chi connectivity index (χ1n) is 10.2. The summed E-state index contributed by atoms with van der Waals surface area (Å²) in [5.74, 6) is 3.01. The van der Waals surface area contributed by atoms with E-state index in [0.29, 0.717) is 18.2 Å². The molecule has 0 saturated heterocycles. The average Bonchev–Trinajstić information content (AvgIpc) is 3.38. The molecule has 0 fully saturated rings. The molecule has 0 unspecified atom stereocenters. The van der Waals surface area contributed by atoms with E-state index in [2.05, 4.69) is 35.4 Å². The van der Waals surface area contributed by atoms with E-state index in [0.717, 1.165) is 40.8 Å². The quantitative estimate of drug-likeness (QED) is 0.670. The van der Waals surface area contributed by atoms with Gasteiger partial charge in [0.25, 0.3) is 0 Å². The highest BCUT2D eigenvalue weighted by Crippen LogP contribution is 2.36. The molecule has 8 heteroatoms. The highest BCUT2D eigenvalue weighted by Gasteiger charge is 2.19. The standard InChI is InChI=1S/C22H26N4O3S/c1-4-26-21(16-7-10-18-19(11-16)29-13-28-18)24-25-22(26)30-12-20(27)23-17-8-5-15(6-9-17)14(2)3/h5,7-8,10-11,14H,4,6,9,12-13H2,1-3H3,(H,23,27). The van der Waals surface area contributed by atoms with Crippen molar-refractivity contribution in [1.82, 2.24) is 20.1 Å². The molecular formula is C22H26N4O3S. The van der Waals surface area contributed by atoms with E-state index in [4.69, 9.17) is 9.47 Å². The van der Waals surface area contributed by atoms with Crippen LogP contribution < -0.4 is 14.8 Å². The molecule has 0 atom stereocenters. The van der Waals surface area contributed by atoms with Gasteiger partial charge in [0.1, 0.15) is 0 Å². The lowest BCUT2D eigenvalue weighted by molar-refractivity contribution is -0.117. The van der Waals surface area contributed by atoms with Crippen molar-refractivity contribution in [2.24, 2.45) is 5.92 Å². The van der Waals surface area contributed by atoms with Crippen LogP contribution in [0.25, 0.3) is 11.4 Å². The van der Waals surface area contributed by atoms with Crippen molar-refractivity contribution >= 4 is 17.7 Å². The number of allylic oxidation sites excluding steroid dienone is 4. The molecule has 158 valence electrons. The van der Waals surface area contributed by atoms with Gasteiger partial charge in [0.15, 0.2) is 22.5 Å². The first-order chi connectivity index (χ1) is 14.5. The largest absolute Gasteiger partial charge is 0.454 e. The predicted octanol–water partition coefficient (Wildman–Crippen LogP) is 4.16. The number of carbonyl (C=O) groups excluding carboxylic acids is 1. The van der Waals surface area contributed by atoms with E-state index in [-0.39, 0.29) is 18.5 Å². The maximum Gasteiger partial charge on any atom is 0.234 e. The fraction of sp³-hybridized carbons (Fsp3) is 0.409. The summed E-state index contributed by atoms with van der Waals surface area (Å²) in [5, 5.41) is 12.4.